The summed E-state index contributed by atoms with van der Waals surface area (Å²) in [7, 11) is 0. The third kappa shape index (κ3) is 4.95. The van der Waals surface area contributed by atoms with Gasteiger partial charge in [-0.05, 0) is 59.4 Å². The first-order valence-corrected chi connectivity index (χ1v) is 18.4. The van der Waals surface area contributed by atoms with E-state index < -0.39 is 0 Å². The van der Waals surface area contributed by atoms with Crippen molar-refractivity contribution in [1.82, 2.24) is 15.0 Å². The van der Waals surface area contributed by atoms with Gasteiger partial charge in [-0.2, -0.15) is 0 Å². The predicted octanol–water partition coefficient (Wildman–Crippen LogP) is 10.6. The van der Waals surface area contributed by atoms with E-state index in [1.165, 1.54) is 38.5 Å². The zero-order valence-corrected chi connectivity index (χ0v) is 28.2. The highest BCUT2D eigenvalue weighted by Crippen LogP contribution is 2.56. The van der Waals surface area contributed by atoms with Gasteiger partial charge < -0.3 is 4.90 Å². The summed E-state index contributed by atoms with van der Waals surface area (Å²) >= 11 is 1.96. The number of hydrogen-bond donors (Lipinski definition) is 0. The average molecular weight is 663 g/mol. The van der Waals surface area contributed by atoms with Gasteiger partial charge in [0.1, 0.15) is 0 Å². The molecule has 6 aromatic rings. The lowest BCUT2D eigenvalue weighted by atomic mass is 9.81. The number of fused-ring (bicyclic) bond motifs is 6. The Bertz CT molecular complexity index is 2270. The van der Waals surface area contributed by atoms with Crippen molar-refractivity contribution in [3.8, 4) is 22.8 Å². The van der Waals surface area contributed by atoms with Crippen LogP contribution < -0.4 is 4.90 Å². The summed E-state index contributed by atoms with van der Waals surface area (Å²) in [5, 5.41) is 0.227. The van der Waals surface area contributed by atoms with Gasteiger partial charge in [0.15, 0.2) is 17.5 Å². The summed E-state index contributed by atoms with van der Waals surface area (Å²) in [6, 6.07) is 49.7. The van der Waals surface area contributed by atoms with E-state index in [0.717, 1.165) is 35.4 Å². The van der Waals surface area contributed by atoms with E-state index in [1.54, 1.807) is 0 Å². The van der Waals surface area contributed by atoms with Crippen molar-refractivity contribution < 1.29 is 0 Å². The van der Waals surface area contributed by atoms with Crippen molar-refractivity contribution in [3.05, 3.63) is 186 Å². The van der Waals surface area contributed by atoms with Crippen LogP contribution in [-0.4, -0.2) is 26.2 Å². The number of aromatic nitrogens is 3. The maximum absolute atomic E-state index is 5.26. The zero-order chi connectivity index (χ0) is 33.0. The third-order valence-corrected chi connectivity index (χ3v) is 11.9. The molecule has 4 unspecified atom stereocenters. The Balaban J connectivity index is 1.14. The van der Waals surface area contributed by atoms with E-state index in [4.69, 9.17) is 15.0 Å². The number of thioether (sulfide) groups is 1. The highest BCUT2D eigenvalue weighted by atomic mass is 32.2. The van der Waals surface area contributed by atoms with Crippen LogP contribution in [0.15, 0.2) is 168 Å². The lowest BCUT2D eigenvalue weighted by molar-refractivity contribution is 0.562. The van der Waals surface area contributed by atoms with Crippen LogP contribution in [0, 0.1) is 0 Å². The van der Waals surface area contributed by atoms with Crippen LogP contribution in [0.4, 0.5) is 5.69 Å². The SMILES string of the molecule is C1=C(c2ccccc2)CCC2C1c1ccccc1N2C1=CC2Sc3ccccc3C2C(c2nc(-c3ccccc3)nc(-c3ccccc3)n2)=C1. The number of para-hydroxylation sites is 1. The van der Waals surface area contributed by atoms with E-state index >= 15 is 0 Å². The smallest absolute Gasteiger partial charge is 0.164 e. The molecule has 240 valence electrons. The Kier molecular flexibility index (Phi) is 7.12. The summed E-state index contributed by atoms with van der Waals surface area (Å²) in [6.07, 6.45) is 9.61. The molecule has 10 rings (SSSR count). The summed E-state index contributed by atoms with van der Waals surface area (Å²) in [5.74, 6) is 2.60. The molecule has 0 saturated carbocycles. The van der Waals surface area contributed by atoms with Crippen LogP contribution in [0.1, 0.15) is 47.2 Å². The minimum absolute atomic E-state index is 0.138. The summed E-state index contributed by atoms with van der Waals surface area (Å²) in [5.41, 5.74) is 11.2. The van der Waals surface area contributed by atoms with Crippen molar-refractivity contribution in [2.24, 2.45) is 0 Å². The maximum atomic E-state index is 5.26. The molecule has 0 saturated heterocycles. The minimum Gasteiger partial charge on any atom is -0.337 e. The zero-order valence-electron chi connectivity index (χ0n) is 27.4. The molecular weight excluding hydrogens is 629 g/mol. The molecule has 0 amide bonds. The predicted molar refractivity (Wildman–Crippen MR) is 205 cm³/mol. The van der Waals surface area contributed by atoms with E-state index in [-0.39, 0.29) is 11.2 Å². The monoisotopic (exact) mass is 662 g/mol. The molecule has 1 aromatic heterocycles. The van der Waals surface area contributed by atoms with Gasteiger partial charge in [-0.1, -0.05) is 133 Å². The number of benzene rings is 5. The largest absolute Gasteiger partial charge is 0.337 e. The Labute approximate surface area is 297 Å². The summed E-state index contributed by atoms with van der Waals surface area (Å²) in [6.45, 7) is 0. The maximum Gasteiger partial charge on any atom is 0.164 e. The lowest BCUT2D eigenvalue weighted by Gasteiger charge is -2.36. The van der Waals surface area contributed by atoms with E-state index in [9.17, 15) is 0 Å². The number of rotatable bonds is 5. The second-order valence-corrected chi connectivity index (χ2v) is 14.7. The van der Waals surface area contributed by atoms with Crippen LogP contribution in [-0.2, 0) is 0 Å². The Morgan fingerprint density at radius 2 is 1.14 bits per heavy atom. The van der Waals surface area contributed by atoms with Gasteiger partial charge in [0.05, 0.1) is 0 Å². The number of hydrogen-bond acceptors (Lipinski definition) is 5. The highest BCUT2D eigenvalue weighted by Gasteiger charge is 2.44. The molecule has 0 fully saturated rings. The number of allylic oxidation sites excluding steroid dienone is 3. The van der Waals surface area contributed by atoms with Crippen LogP contribution in [0.25, 0.3) is 33.9 Å². The van der Waals surface area contributed by atoms with Gasteiger partial charge in [-0.3, -0.25) is 0 Å². The normalized spacial score (nSPS) is 21.7. The fraction of sp³-hybridized carbons (Fsp3) is 0.133. The first-order valence-electron chi connectivity index (χ1n) is 17.5. The van der Waals surface area contributed by atoms with Gasteiger partial charge in [-0.15, -0.1) is 11.8 Å². The van der Waals surface area contributed by atoms with E-state index in [1.807, 2.05) is 48.2 Å². The van der Waals surface area contributed by atoms with Crippen molar-refractivity contribution in [2.75, 3.05) is 4.90 Å². The minimum atomic E-state index is 0.138. The molecule has 4 aliphatic rings. The van der Waals surface area contributed by atoms with Crippen LogP contribution in [0.5, 0.6) is 0 Å². The van der Waals surface area contributed by atoms with Gasteiger partial charge in [-0.25, -0.2) is 15.0 Å². The fourth-order valence-corrected chi connectivity index (χ4v) is 9.76. The molecule has 5 aromatic carbocycles. The molecule has 4 atom stereocenters. The summed E-state index contributed by atoms with van der Waals surface area (Å²) < 4.78 is 0. The van der Waals surface area contributed by atoms with Gasteiger partial charge in [0.2, 0.25) is 0 Å². The van der Waals surface area contributed by atoms with Crippen molar-refractivity contribution in [2.45, 2.75) is 40.9 Å². The Morgan fingerprint density at radius 1 is 0.560 bits per heavy atom. The van der Waals surface area contributed by atoms with Gasteiger partial charge >= 0.3 is 0 Å². The Hall–Kier alpha value is -5.52. The highest BCUT2D eigenvalue weighted by molar-refractivity contribution is 8.00. The molecule has 2 aliphatic carbocycles. The standard InChI is InChI=1S/C45H34N4S/c1-4-14-29(15-5-1)32-24-25-39-36(26-32)34-20-10-12-22-38(34)49(39)33-27-37(42-35-21-11-13-23-40(35)50-41(42)28-33)45-47-43(30-16-6-2-7-17-30)46-44(48-45)31-18-8-3-9-19-31/h1-23,26-28,36,39,41-42H,24-25H2. The quantitative estimate of drug-likeness (QED) is 0.184. The molecule has 2 aliphatic heterocycles. The second-order valence-electron chi connectivity index (χ2n) is 13.4. The second kappa shape index (κ2) is 12.1. The Morgan fingerprint density at radius 3 is 1.84 bits per heavy atom. The number of anilines is 1. The first-order chi connectivity index (χ1) is 24.8. The lowest BCUT2D eigenvalue weighted by Crippen LogP contribution is -2.36. The van der Waals surface area contributed by atoms with Gasteiger partial charge in [0, 0.05) is 56.1 Å². The molecule has 3 heterocycles. The molecule has 0 spiro atoms. The van der Waals surface area contributed by atoms with Crippen molar-refractivity contribution in [1.29, 1.82) is 0 Å². The first kappa shape index (κ1) is 29.4. The number of nitrogens with zero attached hydrogens (tertiary/aromatic N) is 4. The third-order valence-electron chi connectivity index (χ3n) is 10.6. The molecule has 4 nitrogen and oxygen atoms in total. The van der Waals surface area contributed by atoms with Crippen LogP contribution >= 0.6 is 11.8 Å². The molecule has 50 heavy (non-hydrogen) atoms. The average Bonchev–Trinajstić information content (AvgIpc) is 3.74. The van der Waals surface area contributed by atoms with Crippen LogP contribution in [0.3, 0.4) is 0 Å². The topological polar surface area (TPSA) is 41.9 Å². The van der Waals surface area contributed by atoms with Crippen molar-refractivity contribution >= 4 is 28.6 Å². The molecule has 0 radical (unpaired) electrons. The van der Waals surface area contributed by atoms with Gasteiger partial charge in [0.25, 0.3) is 0 Å². The summed E-state index contributed by atoms with van der Waals surface area (Å²) in [4.78, 5) is 19.5. The fourth-order valence-electron chi connectivity index (χ4n) is 8.34. The molecule has 0 N–H and O–H groups in total. The van der Waals surface area contributed by atoms with Crippen LogP contribution in [0.2, 0.25) is 0 Å². The molecular formula is C45H34N4S. The molecule has 5 heteroatoms. The van der Waals surface area contributed by atoms with Crippen molar-refractivity contribution in [3.63, 3.8) is 0 Å². The molecule has 0 bridgehead atoms. The van der Waals surface area contributed by atoms with E-state index in [2.05, 4.69) is 126 Å². The van der Waals surface area contributed by atoms with E-state index in [0.29, 0.717) is 23.6 Å².